The second kappa shape index (κ2) is 7.44. The number of nitrogens with one attached hydrogen (secondary N) is 3. The van der Waals surface area contributed by atoms with Crippen molar-refractivity contribution in [2.45, 2.75) is 57.0 Å². The lowest BCUT2D eigenvalue weighted by Gasteiger charge is -2.56. The third kappa shape index (κ3) is 4.14. The van der Waals surface area contributed by atoms with Crippen LogP contribution in [0, 0.1) is 17.8 Å². The van der Waals surface area contributed by atoms with Crippen molar-refractivity contribution in [3.63, 3.8) is 0 Å². The quantitative estimate of drug-likeness (QED) is 0.717. The van der Waals surface area contributed by atoms with Gasteiger partial charge in [-0.3, -0.25) is 10.1 Å². The number of imide groups is 1. The number of rotatable bonds is 5. The fraction of sp³-hybridized carbons (Fsp3) is 0.619. The molecule has 0 unspecified atom stereocenters. The van der Waals surface area contributed by atoms with Crippen molar-refractivity contribution in [1.29, 1.82) is 0 Å². The van der Waals surface area contributed by atoms with Gasteiger partial charge in [0.15, 0.2) is 0 Å². The van der Waals surface area contributed by atoms with Gasteiger partial charge in [-0.2, -0.15) is 0 Å². The number of hydrogen-bond acceptors (Lipinski definition) is 3. The fourth-order valence-corrected chi connectivity index (χ4v) is 6.19. The first-order chi connectivity index (χ1) is 12.9. The minimum Gasteiger partial charge on any atom is -0.332 e. The first-order valence-electron chi connectivity index (χ1n) is 10.0. The zero-order valence-electron chi connectivity index (χ0n) is 15.8. The summed E-state index contributed by atoms with van der Waals surface area (Å²) < 4.78 is 0. The highest BCUT2D eigenvalue weighted by Crippen LogP contribution is 2.55. The van der Waals surface area contributed by atoms with Gasteiger partial charge in [0, 0.05) is 16.6 Å². The fourth-order valence-electron chi connectivity index (χ4n) is 5.89. The molecule has 0 aromatic heterocycles. The molecule has 5 nitrogen and oxygen atoms in total. The third-order valence-corrected chi connectivity index (χ3v) is 6.95. The monoisotopic (exact) mass is 389 g/mol. The molecule has 6 heteroatoms. The van der Waals surface area contributed by atoms with Crippen molar-refractivity contribution >= 4 is 23.5 Å². The third-order valence-electron chi connectivity index (χ3n) is 6.61. The number of amides is 3. The molecule has 4 fully saturated rings. The molecule has 5 rings (SSSR count). The summed E-state index contributed by atoms with van der Waals surface area (Å²) in [6.07, 6.45) is 7.19. The zero-order valence-corrected chi connectivity index (χ0v) is 16.5. The molecule has 146 valence electrons. The van der Waals surface area contributed by atoms with Gasteiger partial charge < -0.3 is 10.6 Å². The molecule has 0 aliphatic heterocycles. The van der Waals surface area contributed by atoms with E-state index < -0.39 is 0 Å². The second-order valence-electron chi connectivity index (χ2n) is 8.82. The molecule has 4 saturated carbocycles. The van der Waals surface area contributed by atoms with Crippen molar-refractivity contribution in [3.8, 4) is 0 Å². The standard InChI is InChI=1S/C21H28ClN3O2/c1-13(17-4-2-3-5-18(17)22)23-12-19(26)24-20(27)25-21-9-14-6-15(10-21)8-16(7-14)11-21/h2-5,13-16,23H,6-12H2,1H3,(H2,24,25,26,27)/t13-,14?,15?,16?,21?/m0/s1. The van der Waals surface area contributed by atoms with Crippen LogP contribution in [0.2, 0.25) is 5.02 Å². The largest absolute Gasteiger partial charge is 0.332 e. The number of hydrogen-bond donors (Lipinski definition) is 3. The highest BCUT2D eigenvalue weighted by Gasteiger charge is 2.51. The Balaban J connectivity index is 1.26. The summed E-state index contributed by atoms with van der Waals surface area (Å²) in [7, 11) is 0. The molecule has 4 bridgehead atoms. The Morgan fingerprint density at radius 2 is 1.70 bits per heavy atom. The Morgan fingerprint density at radius 1 is 1.11 bits per heavy atom. The maximum atomic E-state index is 12.4. The molecule has 3 N–H and O–H groups in total. The SMILES string of the molecule is C[C@H](NCC(=O)NC(=O)NC12CC3CC(CC(C3)C1)C2)c1ccccc1Cl. The van der Waals surface area contributed by atoms with Gasteiger partial charge in [0.2, 0.25) is 5.91 Å². The van der Waals surface area contributed by atoms with Gasteiger partial charge in [0.1, 0.15) is 0 Å². The Morgan fingerprint density at radius 3 is 2.30 bits per heavy atom. The molecule has 4 aliphatic carbocycles. The van der Waals surface area contributed by atoms with Crippen LogP contribution in [0.5, 0.6) is 0 Å². The van der Waals surface area contributed by atoms with Gasteiger partial charge in [-0.05, 0) is 74.8 Å². The van der Waals surface area contributed by atoms with Gasteiger partial charge in [0.25, 0.3) is 0 Å². The van der Waals surface area contributed by atoms with Crippen LogP contribution in [0.25, 0.3) is 0 Å². The van der Waals surface area contributed by atoms with E-state index in [1.54, 1.807) is 0 Å². The predicted octanol–water partition coefficient (Wildman–Crippen LogP) is 3.79. The topological polar surface area (TPSA) is 70.2 Å². The molecule has 27 heavy (non-hydrogen) atoms. The van der Waals surface area contributed by atoms with Crippen molar-refractivity contribution in [3.05, 3.63) is 34.9 Å². The summed E-state index contributed by atoms with van der Waals surface area (Å²) in [5.74, 6) is 1.94. The molecule has 1 aromatic rings. The van der Waals surface area contributed by atoms with E-state index in [9.17, 15) is 9.59 Å². The predicted molar refractivity (Wildman–Crippen MR) is 105 cm³/mol. The molecule has 3 amide bonds. The maximum Gasteiger partial charge on any atom is 0.321 e. The van der Waals surface area contributed by atoms with Crippen LogP contribution in [-0.2, 0) is 4.79 Å². The maximum absolute atomic E-state index is 12.4. The van der Waals surface area contributed by atoms with Crippen molar-refractivity contribution in [1.82, 2.24) is 16.0 Å². The molecular formula is C21H28ClN3O2. The van der Waals surface area contributed by atoms with Crippen LogP contribution in [0.3, 0.4) is 0 Å². The molecule has 0 heterocycles. The van der Waals surface area contributed by atoms with E-state index in [1.165, 1.54) is 19.3 Å². The number of carbonyl (C=O) groups excluding carboxylic acids is 2. The van der Waals surface area contributed by atoms with Gasteiger partial charge in [0.05, 0.1) is 6.54 Å². The molecule has 1 aromatic carbocycles. The Bertz CT molecular complexity index is 701. The first-order valence-corrected chi connectivity index (χ1v) is 10.4. The Labute approximate surface area is 165 Å². The molecule has 0 radical (unpaired) electrons. The summed E-state index contributed by atoms with van der Waals surface area (Å²) in [5.41, 5.74) is 0.849. The van der Waals surface area contributed by atoms with Crippen LogP contribution >= 0.6 is 11.6 Å². The van der Waals surface area contributed by atoms with E-state index in [0.717, 1.165) is 42.6 Å². The van der Waals surface area contributed by atoms with Gasteiger partial charge >= 0.3 is 6.03 Å². The number of benzene rings is 1. The number of urea groups is 1. The highest BCUT2D eigenvalue weighted by atomic mass is 35.5. The van der Waals surface area contributed by atoms with Gasteiger partial charge in [-0.25, -0.2) is 4.79 Å². The van der Waals surface area contributed by atoms with E-state index in [0.29, 0.717) is 5.02 Å². The first kappa shape index (κ1) is 18.8. The van der Waals surface area contributed by atoms with Crippen molar-refractivity contribution in [2.75, 3.05) is 6.54 Å². The van der Waals surface area contributed by atoms with E-state index in [4.69, 9.17) is 11.6 Å². The molecule has 4 aliphatic rings. The summed E-state index contributed by atoms with van der Waals surface area (Å²) in [4.78, 5) is 24.6. The Kier molecular flexibility index (Phi) is 5.17. The summed E-state index contributed by atoms with van der Waals surface area (Å²) in [6.45, 7) is 2.02. The minimum atomic E-state index is -0.353. The van der Waals surface area contributed by atoms with Crippen molar-refractivity contribution in [2.24, 2.45) is 17.8 Å². The normalized spacial score (nSPS) is 32.1. The van der Waals surface area contributed by atoms with E-state index in [2.05, 4.69) is 16.0 Å². The summed E-state index contributed by atoms with van der Waals surface area (Å²) in [5, 5.41) is 9.45. The highest BCUT2D eigenvalue weighted by molar-refractivity contribution is 6.31. The lowest BCUT2D eigenvalue weighted by Crippen LogP contribution is -2.62. The van der Waals surface area contributed by atoms with Crippen molar-refractivity contribution < 1.29 is 9.59 Å². The van der Waals surface area contributed by atoms with Crippen LogP contribution in [0.1, 0.15) is 57.1 Å². The second-order valence-corrected chi connectivity index (χ2v) is 9.23. The lowest BCUT2D eigenvalue weighted by molar-refractivity contribution is -0.119. The smallest absolute Gasteiger partial charge is 0.321 e. The average molecular weight is 390 g/mol. The van der Waals surface area contributed by atoms with E-state index in [-0.39, 0.29) is 30.1 Å². The lowest BCUT2D eigenvalue weighted by atomic mass is 9.53. The van der Waals surface area contributed by atoms with Crippen LogP contribution in [0.15, 0.2) is 24.3 Å². The molecule has 1 atom stereocenters. The van der Waals surface area contributed by atoms with Gasteiger partial charge in [-0.1, -0.05) is 29.8 Å². The molecule has 0 saturated heterocycles. The van der Waals surface area contributed by atoms with Crippen LogP contribution < -0.4 is 16.0 Å². The minimum absolute atomic E-state index is 0.0701. The summed E-state index contributed by atoms with van der Waals surface area (Å²) >= 11 is 6.19. The van der Waals surface area contributed by atoms with Crippen LogP contribution in [-0.4, -0.2) is 24.0 Å². The van der Waals surface area contributed by atoms with Gasteiger partial charge in [-0.15, -0.1) is 0 Å². The van der Waals surface area contributed by atoms with E-state index in [1.807, 2.05) is 31.2 Å². The van der Waals surface area contributed by atoms with Crippen LogP contribution in [0.4, 0.5) is 4.79 Å². The molecular weight excluding hydrogens is 362 g/mol. The number of halogens is 1. The van der Waals surface area contributed by atoms with E-state index >= 15 is 0 Å². The summed E-state index contributed by atoms with van der Waals surface area (Å²) in [6, 6.07) is 7.12. The molecule has 0 spiro atoms. The Hall–Kier alpha value is -1.59. The number of carbonyl (C=O) groups is 2. The zero-order chi connectivity index (χ0) is 19.0. The average Bonchev–Trinajstić information content (AvgIpc) is 2.58.